The molecule has 19 heavy (non-hydrogen) atoms. The van der Waals surface area contributed by atoms with E-state index in [-0.39, 0.29) is 10.6 Å². The standard InChI is InChI=1S/C14H12N4S/c1-9-6-13(17-8-10(7-15)14(16)19)11-4-2-3-5-12(11)18-9/h2-6,8H,1H3,(H2,16,19)(H,17,18). The highest BCUT2D eigenvalue weighted by Crippen LogP contribution is 2.23. The largest absolute Gasteiger partial charge is 0.389 e. The third-order valence-electron chi connectivity index (χ3n) is 2.60. The Morgan fingerprint density at radius 3 is 2.89 bits per heavy atom. The average molecular weight is 268 g/mol. The number of benzene rings is 1. The van der Waals surface area contributed by atoms with E-state index < -0.39 is 0 Å². The van der Waals surface area contributed by atoms with Crippen LogP contribution in [-0.2, 0) is 0 Å². The first-order valence-electron chi connectivity index (χ1n) is 5.65. The molecule has 0 aliphatic rings. The molecule has 5 heteroatoms. The predicted molar refractivity (Wildman–Crippen MR) is 80.6 cm³/mol. The van der Waals surface area contributed by atoms with Crippen LogP contribution in [0.15, 0.2) is 42.1 Å². The van der Waals surface area contributed by atoms with Gasteiger partial charge in [0.25, 0.3) is 0 Å². The van der Waals surface area contributed by atoms with Gasteiger partial charge in [-0.2, -0.15) is 5.26 Å². The number of nitrogens with two attached hydrogens (primary N) is 1. The number of nitriles is 1. The molecule has 0 saturated carbocycles. The summed E-state index contributed by atoms with van der Waals surface area (Å²) in [5.41, 5.74) is 8.34. The quantitative estimate of drug-likeness (QED) is 0.508. The highest BCUT2D eigenvalue weighted by atomic mass is 32.1. The summed E-state index contributed by atoms with van der Waals surface area (Å²) in [4.78, 5) is 4.52. The SMILES string of the molecule is Cc1cc(NC=C(C#N)C(N)=S)c2ccccc2n1. The van der Waals surface area contributed by atoms with Gasteiger partial charge in [0.05, 0.1) is 5.52 Å². The van der Waals surface area contributed by atoms with Crippen LogP contribution in [0.2, 0.25) is 0 Å². The molecule has 1 aromatic carbocycles. The van der Waals surface area contributed by atoms with Crippen molar-refractivity contribution in [3.8, 4) is 6.07 Å². The van der Waals surface area contributed by atoms with E-state index >= 15 is 0 Å². The zero-order chi connectivity index (χ0) is 13.8. The second-order valence-electron chi connectivity index (χ2n) is 4.01. The molecule has 0 bridgehead atoms. The summed E-state index contributed by atoms with van der Waals surface area (Å²) in [6.07, 6.45) is 1.52. The molecule has 3 N–H and O–H groups in total. The van der Waals surface area contributed by atoms with Crippen LogP contribution in [0.4, 0.5) is 5.69 Å². The third kappa shape index (κ3) is 2.87. The molecule has 1 aromatic heterocycles. The van der Waals surface area contributed by atoms with Crippen molar-refractivity contribution < 1.29 is 0 Å². The number of thiocarbonyl (C=S) groups is 1. The number of aryl methyl sites for hydroxylation is 1. The van der Waals surface area contributed by atoms with Gasteiger partial charge in [-0.05, 0) is 19.1 Å². The van der Waals surface area contributed by atoms with Crippen LogP contribution < -0.4 is 11.1 Å². The van der Waals surface area contributed by atoms with Crippen molar-refractivity contribution in [1.29, 1.82) is 5.26 Å². The van der Waals surface area contributed by atoms with E-state index in [0.29, 0.717) is 0 Å². The number of nitrogens with one attached hydrogen (secondary N) is 1. The Morgan fingerprint density at radius 2 is 2.21 bits per heavy atom. The number of para-hydroxylation sites is 1. The van der Waals surface area contributed by atoms with Gasteiger partial charge in [0.1, 0.15) is 16.6 Å². The number of rotatable bonds is 3. The van der Waals surface area contributed by atoms with Gasteiger partial charge in [-0.25, -0.2) is 0 Å². The van der Waals surface area contributed by atoms with Gasteiger partial charge in [-0.15, -0.1) is 0 Å². The van der Waals surface area contributed by atoms with Crippen LogP contribution >= 0.6 is 12.2 Å². The maximum Gasteiger partial charge on any atom is 0.116 e. The molecule has 0 aliphatic heterocycles. The Kier molecular flexibility index (Phi) is 3.74. The molecule has 0 saturated heterocycles. The van der Waals surface area contributed by atoms with Crippen LogP contribution in [0, 0.1) is 18.3 Å². The zero-order valence-corrected chi connectivity index (χ0v) is 11.2. The van der Waals surface area contributed by atoms with E-state index in [2.05, 4.69) is 10.3 Å². The fourth-order valence-electron chi connectivity index (χ4n) is 1.74. The molecule has 1 heterocycles. The zero-order valence-electron chi connectivity index (χ0n) is 10.3. The number of fused-ring (bicyclic) bond motifs is 1. The lowest BCUT2D eigenvalue weighted by Crippen LogP contribution is -2.11. The Labute approximate surface area is 116 Å². The second-order valence-corrected chi connectivity index (χ2v) is 4.45. The lowest BCUT2D eigenvalue weighted by Gasteiger charge is -2.07. The van der Waals surface area contributed by atoms with Crippen molar-refractivity contribution in [2.75, 3.05) is 5.32 Å². The van der Waals surface area contributed by atoms with Gasteiger partial charge < -0.3 is 11.1 Å². The Morgan fingerprint density at radius 1 is 1.47 bits per heavy atom. The van der Waals surface area contributed by atoms with E-state index in [0.717, 1.165) is 22.3 Å². The van der Waals surface area contributed by atoms with Gasteiger partial charge in [0, 0.05) is 23.0 Å². The summed E-state index contributed by atoms with van der Waals surface area (Å²) < 4.78 is 0. The summed E-state index contributed by atoms with van der Waals surface area (Å²) in [6.45, 7) is 1.92. The topological polar surface area (TPSA) is 74.7 Å². The Bertz CT molecular complexity index is 713. The van der Waals surface area contributed by atoms with Gasteiger partial charge >= 0.3 is 0 Å². The first-order valence-corrected chi connectivity index (χ1v) is 6.05. The van der Waals surface area contributed by atoms with E-state index in [4.69, 9.17) is 23.2 Å². The fraction of sp³-hybridized carbons (Fsp3) is 0.0714. The maximum atomic E-state index is 8.90. The number of aromatic nitrogens is 1. The highest BCUT2D eigenvalue weighted by molar-refractivity contribution is 7.80. The average Bonchev–Trinajstić information content (AvgIpc) is 2.38. The molecule has 94 valence electrons. The predicted octanol–water partition coefficient (Wildman–Crippen LogP) is 2.65. The Balaban J connectivity index is 2.46. The molecule has 0 spiro atoms. The lowest BCUT2D eigenvalue weighted by atomic mass is 10.1. The smallest absolute Gasteiger partial charge is 0.116 e. The highest BCUT2D eigenvalue weighted by Gasteiger charge is 2.03. The first kappa shape index (κ1) is 13.0. The molecule has 0 fully saturated rings. The van der Waals surface area contributed by atoms with Crippen LogP contribution in [0.1, 0.15) is 5.69 Å². The third-order valence-corrected chi connectivity index (χ3v) is 2.82. The second kappa shape index (κ2) is 5.46. The number of hydrogen-bond donors (Lipinski definition) is 2. The minimum atomic E-state index is 0.0742. The molecule has 0 atom stereocenters. The fourth-order valence-corrected chi connectivity index (χ4v) is 1.84. The van der Waals surface area contributed by atoms with Crippen molar-refractivity contribution in [3.05, 3.63) is 47.8 Å². The monoisotopic (exact) mass is 268 g/mol. The molecule has 0 radical (unpaired) electrons. The van der Waals surface area contributed by atoms with Crippen LogP contribution in [0.5, 0.6) is 0 Å². The van der Waals surface area contributed by atoms with Crippen molar-refractivity contribution in [1.82, 2.24) is 4.98 Å². The minimum absolute atomic E-state index is 0.0742. The summed E-state index contributed by atoms with van der Waals surface area (Å²) in [5.74, 6) is 0. The number of anilines is 1. The van der Waals surface area contributed by atoms with Gasteiger partial charge in [-0.1, -0.05) is 30.4 Å². The number of hydrogen-bond acceptors (Lipinski definition) is 4. The van der Waals surface area contributed by atoms with Crippen molar-refractivity contribution >= 4 is 33.8 Å². The number of nitrogens with zero attached hydrogens (tertiary/aromatic N) is 2. The van der Waals surface area contributed by atoms with Crippen molar-refractivity contribution in [2.45, 2.75) is 6.92 Å². The van der Waals surface area contributed by atoms with Crippen LogP contribution in [0.3, 0.4) is 0 Å². The summed E-state index contributed by atoms with van der Waals surface area (Å²) in [5, 5.41) is 12.9. The maximum absolute atomic E-state index is 8.90. The van der Waals surface area contributed by atoms with Crippen molar-refractivity contribution in [2.24, 2.45) is 5.73 Å². The molecule has 0 aliphatic carbocycles. The first-order chi connectivity index (χ1) is 9.11. The molecule has 0 amide bonds. The van der Waals surface area contributed by atoms with Gasteiger partial charge in [0.2, 0.25) is 0 Å². The van der Waals surface area contributed by atoms with E-state index in [1.54, 1.807) is 0 Å². The Hall–Kier alpha value is -2.45. The van der Waals surface area contributed by atoms with E-state index in [1.807, 2.05) is 43.3 Å². The van der Waals surface area contributed by atoms with Gasteiger partial charge in [-0.3, -0.25) is 4.98 Å². The summed E-state index contributed by atoms with van der Waals surface area (Å²) in [6, 6.07) is 11.6. The van der Waals surface area contributed by atoms with E-state index in [1.165, 1.54) is 6.20 Å². The lowest BCUT2D eigenvalue weighted by molar-refractivity contribution is 1.25. The molecule has 0 unspecified atom stereocenters. The molecule has 2 aromatic rings. The summed E-state index contributed by atoms with van der Waals surface area (Å²) in [7, 11) is 0. The minimum Gasteiger partial charge on any atom is -0.389 e. The van der Waals surface area contributed by atoms with E-state index in [9.17, 15) is 0 Å². The van der Waals surface area contributed by atoms with Crippen molar-refractivity contribution in [3.63, 3.8) is 0 Å². The normalized spacial score (nSPS) is 11.1. The molecule has 4 nitrogen and oxygen atoms in total. The summed E-state index contributed by atoms with van der Waals surface area (Å²) >= 11 is 4.79. The van der Waals surface area contributed by atoms with Crippen LogP contribution in [-0.4, -0.2) is 9.97 Å². The van der Waals surface area contributed by atoms with Crippen LogP contribution in [0.25, 0.3) is 10.9 Å². The van der Waals surface area contributed by atoms with Gasteiger partial charge in [0.15, 0.2) is 0 Å². The number of pyridine rings is 1. The molecular formula is C14H12N4S. The molecule has 2 rings (SSSR count). The molecular weight excluding hydrogens is 256 g/mol.